The number of rotatable bonds is 2. The lowest BCUT2D eigenvalue weighted by atomic mass is 10.2. The molecule has 2 aromatic carbocycles. The zero-order valence-electron chi connectivity index (χ0n) is 9.38. The summed E-state index contributed by atoms with van der Waals surface area (Å²) in [6.07, 6.45) is 2.50. The van der Waals surface area contributed by atoms with E-state index < -0.39 is 0 Å². The van der Waals surface area contributed by atoms with Crippen molar-refractivity contribution in [1.29, 1.82) is 0 Å². The van der Waals surface area contributed by atoms with E-state index in [1.54, 1.807) is 18.5 Å². The standard InChI is InChI=1S/C14H9ClN2O/c15-12-7-11(6-5-10(12)8-18)17-9-16-13-3-1-2-4-14(13)17/h1-9H. The minimum Gasteiger partial charge on any atom is -0.299 e. The zero-order valence-corrected chi connectivity index (χ0v) is 10.1. The van der Waals surface area contributed by atoms with Crippen molar-refractivity contribution in [2.24, 2.45) is 0 Å². The minimum atomic E-state index is 0.445. The van der Waals surface area contributed by atoms with Crippen molar-refractivity contribution < 1.29 is 4.79 Å². The normalized spacial score (nSPS) is 10.7. The molecule has 3 aromatic rings. The fourth-order valence-electron chi connectivity index (χ4n) is 1.93. The fraction of sp³-hybridized carbons (Fsp3) is 0. The molecule has 0 aliphatic carbocycles. The van der Waals surface area contributed by atoms with Crippen LogP contribution in [-0.2, 0) is 0 Å². The number of halogens is 1. The van der Waals surface area contributed by atoms with Crippen molar-refractivity contribution in [3.05, 3.63) is 59.4 Å². The Kier molecular flexibility index (Phi) is 2.61. The second-order valence-corrected chi connectivity index (χ2v) is 4.33. The van der Waals surface area contributed by atoms with E-state index in [0.29, 0.717) is 10.6 Å². The quantitative estimate of drug-likeness (QED) is 0.658. The molecule has 18 heavy (non-hydrogen) atoms. The zero-order chi connectivity index (χ0) is 12.5. The molecule has 0 saturated heterocycles. The van der Waals surface area contributed by atoms with Crippen LogP contribution in [0.2, 0.25) is 5.02 Å². The number of nitrogens with zero attached hydrogens (tertiary/aromatic N) is 2. The number of para-hydroxylation sites is 2. The second-order valence-electron chi connectivity index (χ2n) is 3.93. The molecule has 0 atom stereocenters. The van der Waals surface area contributed by atoms with E-state index in [2.05, 4.69) is 4.98 Å². The number of imidazole rings is 1. The van der Waals surface area contributed by atoms with E-state index in [1.807, 2.05) is 34.9 Å². The molecule has 0 spiro atoms. The summed E-state index contributed by atoms with van der Waals surface area (Å²) in [5.41, 5.74) is 3.31. The van der Waals surface area contributed by atoms with Crippen LogP contribution in [0.3, 0.4) is 0 Å². The molecule has 0 saturated carbocycles. The molecular weight excluding hydrogens is 248 g/mol. The van der Waals surface area contributed by atoms with Gasteiger partial charge in [0.1, 0.15) is 6.33 Å². The van der Waals surface area contributed by atoms with Gasteiger partial charge in [-0.25, -0.2) is 4.98 Å². The van der Waals surface area contributed by atoms with Crippen LogP contribution in [0.1, 0.15) is 10.4 Å². The predicted molar refractivity (Wildman–Crippen MR) is 71.5 cm³/mol. The van der Waals surface area contributed by atoms with E-state index in [9.17, 15) is 4.79 Å². The van der Waals surface area contributed by atoms with Gasteiger partial charge in [-0.3, -0.25) is 9.36 Å². The van der Waals surface area contributed by atoms with E-state index >= 15 is 0 Å². The third kappa shape index (κ3) is 1.69. The van der Waals surface area contributed by atoms with Crippen LogP contribution in [0.5, 0.6) is 0 Å². The SMILES string of the molecule is O=Cc1ccc(-n2cnc3ccccc32)cc1Cl. The van der Waals surface area contributed by atoms with E-state index in [4.69, 9.17) is 11.6 Å². The Morgan fingerprint density at radius 3 is 2.78 bits per heavy atom. The highest BCUT2D eigenvalue weighted by molar-refractivity contribution is 6.33. The Balaban J connectivity index is 2.20. The molecule has 0 N–H and O–H groups in total. The molecular formula is C14H9ClN2O. The number of aldehydes is 1. The average molecular weight is 257 g/mol. The molecule has 0 bridgehead atoms. The van der Waals surface area contributed by atoms with Crippen LogP contribution < -0.4 is 0 Å². The highest BCUT2D eigenvalue weighted by atomic mass is 35.5. The van der Waals surface area contributed by atoms with Crippen LogP contribution in [-0.4, -0.2) is 15.8 Å². The Morgan fingerprint density at radius 1 is 1.17 bits per heavy atom. The highest BCUT2D eigenvalue weighted by Crippen LogP contribution is 2.22. The number of aromatic nitrogens is 2. The lowest BCUT2D eigenvalue weighted by Gasteiger charge is -2.05. The topological polar surface area (TPSA) is 34.9 Å². The number of carbonyl (C=O) groups excluding carboxylic acids is 1. The summed E-state index contributed by atoms with van der Waals surface area (Å²) in [5.74, 6) is 0. The fourth-order valence-corrected chi connectivity index (χ4v) is 2.15. The van der Waals surface area contributed by atoms with Crippen LogP contribution >= 0.6 is 11.6 Å². The van der Waals surface area contributed by atoms with Gasteiger partial charge < -0.3 is 0 Å². The van der Waals surface area contributed by atoms with Crippen LogP contribution in [0, 0.1) is 0 Å². The number of hydrogen-bond acceptors (Lipinski definition) is 2. The van der Waals surface area contributed by atoms with Gasteiger partial charge in [-0.2, -0.15) is 0 Å². The van der Waals surface area contributed by atoms with Gasteiger partial charge in [0.2, 0.25) is 0 Å². The van der Waals surface area contributed by atoms with Gasteiger partial charge in [0, 0.05) is 11.3 Å². The van der Waals surface area contributed by atoms with E-state index in [-0.39, 0.29) is 0 Å². The summed E-state index contributed by atoms with van der Waals surface area (Å²) in [4.78, 5) is 15.1. The van der Waals surface area contributed by atoms with Crippen LogP contribution in [0.25, 0.3) is 16.7 Å². The summed E-state index contributed by atoms with van der Waals surface area (Å²) >= 11 is 6.03. The highest BCUT2D eigenvalue weighted by Gasteiger charge is 2.06. The summed E-state index contributed by atoms with van der Waals surface area (Å²) < 4.78 is 1.94. The third-order valence-electron chi connectivity index (χ3n) is 2.84. The van der Waals surface area contributed by atoms with Gasteiger partial charge in [-0.15, -0.1) is 0 Å². The summed E-state index contributed by atoms with van der Waals surface area (Å²) in [7, 11) is 0. The first-order valence-corrected chi connectivity index (χ1v) is 5.84. The molecule has 0 amide bonds. The van der Waals surface area contributed by atoms with Crippen LogP contribution in [0.4, 0.5) is 0 Å². The monoisotopic (exact) mass is 256 g/mol. The first-order chi connectivity index (χ1) is 8.79. The van der Waals surface area contributed by atoms with E-state index in [1.165, 1.54) is 0 Å². The first kappa shape index (κ1) is 11.0. The Morgan fingerprint density at radius 2 is 2.00 bits per heavy atom. The van der Waals surface area contributed by atoms with Crippen molar-refractivity contribution in [1.82, 2.24) is 9.55 Å². The van der Waals surface area contributed by atoms with Crippen molar-refractivity contribution in [2.45, 2.75) is 0 Å². The number of benzene rings is 2. The molecule has 0 fully saturated rings. The van der Waals surface area contributed by atoms with Gasteiger partial charge in [-0.1, -0.05) is 23.7 Å². The Labute approximate surface area is 109 Å². The molecule has 0 radical (unpaired) electrons. The number of fused-ring (bicyclic) bond motifs is 1. The Hall–Kier alpha value is -2.13. The molecule has 3 nitrogen and oxygen atoms in total. The van der Waals surface area contributed by atoms with Crippen LogP contribution in [0.15, 0.2) is 48.8 Å². The molecule has 1 heterocycles. The first-order valence-electron chi connectivity index (χ1n) is 5.47. The maximum Gasteiger partial charge on any atom is 0.151 e. The third-order valence-corrected chi connectivity index (χ3v) is 3.17. The number of carbonyl (C=O) groups is 1. The smallest absolute Gasteiger partial charge is 0.151 e. The largest absolute Gasteiger partial charge is 0.299 e. The van der Waals surface area contributed by atoms with Crippen molar-refractivity contribution >= 4 is 28.9 Å². The van der Waals surface area contributed by atoms with Gasteiger partial charge in [0.15, 0.2) is 6.29 Å². The minimum absolute atomic E-state index is 0.445. The molecule has 3 rings (SSSR count). The predicted octanol–water partition coefficient (Wildman–Crippen LogP) is 3.49. The number of hydrogen-bond donors (Lipinski definition) is 0. The summed E-state index contributed by atoms with van der Waals surface area (Å²) in [6, 6.07) is 13.2. The van der Waals surface area contributed by atoms with Crippen molar-refractivity contribution in [2.75, 3.05) is 0 Å². The second kappa shape index (κ2) is 4.27. The van der Waals surface area contributed by atoms with Crippen molar-refractivity contribution in [3.63, 3.8) is 0 Å². The molecule has 0 aliphatic heterocycles. The van der Waals surface area contributed by atoms with Gasteiger partial charge >= 0.3 is 0 Å². The molecule has 1 aromatic heterocycles. The van der Waals surface area contributed by atoms with Gasteiger partial charge in [0.25, 0.3) is 0 Å². The van der Waals surface area contributed by atoms with Gasteiger partial charge in [-0.05, 0) is 30.3 Å². The molecule has 88 valence electrons. The summed E-state index contributed by atoms with van der Waals surface area (Å²) in [5, 5.41) is 0.445. The summed E-state index contributed by atoms with van der Waals surface area (Å²) in [6.45, 7) is 0. The molecule has 0 aliphatic rings. The lowest BCUT2D eigenvalue weighted by molar-refractivity contribution is 0.112. The van der Waals surface area contributed by atoms with E-state index in [0.717, 1.165) is 23.0 Å². The maximum absolute atomic E-state index is 10.7. The Bertz CT molecular complexity index is 733. The maximum atomic E-state index is 10.7. The van der Waals surface area contributed by atoms with Gasteiger partial charge in [0.05, 0.1) is 16.1 Å². The molecule has 0 unspecified atom stereocenters. The average Bonchev–Trinajstić information content (AvgIpc) is 2.82. The van der Waals surface area contributed by atoms with Crippen molar-refractivity contribution in [3.8, 4) is 5.69 Å². The lowest BCUT2D eigenvalue weighted by Crippen LogP contribution is -1.93. The molecule has 4 heteroatoms.